The van der Waals surface area contributed by atoms with Gasteiger partial charge < -0.3 is 10.7 Å². The highest BCUT2D eigenvalue weighted by Crippen LogP contribution is 2.13. The molecule has 0 aromatic carbocycles. The summed E-state index contributed by atoms with van der Waals surface area (Å²) >= 11 is 5.02. The third kappa shape index (κ3) is 2.08. The van der Waals surface area contributed by atoms with Crippen LogP contribution in [0, 0.1) is 4.64 Å². The fourth-order valence-electron chi connectivity index (χ4n) is 1.89. The molecule has 0 aliphatic heterocycles. The number of aryl methyl sites for hydroxylation is 1. The van der Waals surface area contributed by atoms with Crippen LogP contribution in [-0.2, 0) is 6.54 Å². The van der Waals surface area contributed by atoms with Crippen LogP contribution in [0.1, 0.15) is 19.8 Å². The standard InChI is InChI=1S/C11H14N4O2S/c1-2-3-4-15-6-5-7(18)13-9(12)8(6)10(16)14-11(15)17/h5H,2-4H2,1H3,(H3,12,13,18)(H,14,16,17). The molecule has 0 saturated carbocycles. The van der Waals surface area contributed by atoms with E-state index in [1.165, 1.54) is 4.57 Å². The minimum Gasteiger partial charge on any atom is -0.385 e. The summed E-state index contributed by atoms with van der Waals surface area (Å²) in [6.07, 6.45) is 1.79. The van der Waals surface area contributed by atoms with Crippen molar-refractivity contribution in [2.24, 2.45) is 0 Å². The summed E-state index contributed by atoms with van der Waals surface area (Å²) in [6.45, 7) is 2.56. The zero-order chi connectivity index (χ0) is 13.3. The molecule has 2 aromatic heterocycles. The smallest absolute Gasteiger partial charge is 0.328 e. The lowest BCUT2D eigenvalue weighted by Gasteiger charge is -2.09. The third-order valence-electron chi connectivity index (χ3n) is 2.77. The van der Waals surface area contributed by atoms with Gasteiger partial charge >= 0.3 is 5.69 Å². The van der Waals surface area contributed by atoms with Gasteiger partial charge in [-0.05, 0) is 12.5 Å². The minimum absolute atomic E-state index is 0.184. The van der Waals surface area contributed by atoms with Crippen molar-refractivity contribution in [1.82, 2.24) is 14.5 Å². The van der Waals surface area contributed by atoms with Gasteiger partial charge in [0.15, 0.2) is 0 Å². The number of aromatic amines is 2. The van der Waals surface area contributed by atoms with Crippen molar-refractivity contribution in [3.8, 4) is 0 Å². The van der Waals surface area contributed by atoms with Gasteiger partial charge in [-0.1, -0.05) is 25.6 Å². The van der Waals surface area contributed by atoms with Gasteiger partial charge in [-0.2, -0.15) is 0 Å². The number of rotatable bonds is 3. The van der Waals surface area contributed by atoms with Crippen molar-refractivity contribution in [1.29, 1.82) is 0 Å². The molecule has 7 heteroatoms. The van der Waals surface area contributed by atoms with Crippen LogP contribution in [-0.4, -0.2) is 14.5 Å². The highest BCUT2D eigenvalue weighted by molar-refractivity contribution is 7.71. The molecule has 0 bridgehead atoms. The number of hydrogen-bond acceptors (Lipinski definition) is 4. The zero-order valence-corrected chi connectivity index (χ0v) is 10.8. The second kappa shape index (κ2) is 4.77. The number of H-pyrrole nitrogens is 2. The molecule has 0 unspecified atom stereocenters. The van der Waals surface area contributed by atoms with Gasteiger partial charge in [-0.25, -0.2) is 4.79 Å². The lowest BCUT2D eigenvalue weighted by molar-refractivity contribution is 0.617. The van der Waals surface area contributed by atoms with Gasteiger partial charge in [-0.3, -0.25) is 14.3 Å². The van der Waals surface area contributed by atoms with Crippen LogP contribution in [0.15, 0.2) is 15.7 Å². The summed E-state index contributed by atoms with van der Waals surface area (Å²) in [6, 6.07) is 1.59. The minimum atomic E-state index is -0.494. The molecular formula is C11H14N4O2S. The zero-order valence-electron chi connectivity index (χ0n) is 9.95. The topological polar surface area (TPSA) is 96.7 Å². The number of nitrogens with zero attached hydrogens (tertiary/aromatic N) is 1. The van der Waals surface area contributed by atoms with Crippen molar-refractivity contribution in [3.05, 3.63) is 31.5 Å². The predicted molar refractivity (Wildman–Crippen MR) is 73.3 cm³/mol. The van der Waals surface area contributed by atoms with Crippen LogP contribution in [0.4, 0.5) is 5.82 Å². The van der Waals surface area contributed by atoms with E-state index in [1.807, 2.05) is 6.92 Å². The molecule has 6 nitrogen and oxygen atoms in total. The quantitative estimate of drug-likeness (QED) is 0.725. The van der Waals surface area contributed by atoms with Gasteiger partial charge in [0.1, 0.15) is 15.8 Å². The molecule has 0 atom stereocenters. The molecule has 0 saturated heterocycles. The molecule has 0 aliphatic carbocycles. The van der Waals surface area contributed by atoms with E-state index in [-0.39, 0.29) is 11.2 Å². The Bertz CT molecular complexity index is 756. The summed E-state index contributed by atoms with van der Waals surface area (Å²) < 4.78 is 1.90. The number of hydrogen-bond donors (Lipinski definition) is 3. The molecule has 2 rings (SSSR count). The number of unbranched alkanes of at least 4 members (excludes halogenated alkanes) is 1. The summed E-state index contributed by atoms with van der Waals surface area (Å²) in [4.78, 5) is 28.5. The molecule has 0 amide bonds. The van der Waals surface area contributed by atoms with E-state index < -0.39 is 11.2 Å². The first-order valence-corrected chi connectivity index (χ1v) is 6.11. The summed E-state index contributed by atoms with van der Waals surface area (Å²) in [7, 11) is 0. The predicted octanol–water partition coefficient (Wildman–Crippen LogP) is 1.13. The number of nitrogens with one attached hydrogen (secondary N) is 2. The molecule has 0 radical (unpaired) electrons. The first kappa shape index (κ1) is 12.6. The second-order valence-electron chi connectivity index (χ2n) is 4.07. The maximum Gasteiger partial charge on any atom is 0.328 e. The van der Waals surface area contributed by atoms with E-state index >= 15 is 0 Å². The first-order valence-electron chi connectivity index (χ1n) is 5.70. The van der Waals surface area contributed by atoms with E-state index in [4.69, 9.17) is 18.0 Å². The van der Waals surface area contributed by atoms with E-state index in [1.54, 1.807) is 6.07 Å². The van der Waals surface area contributed by atoms with Crippen LogP contribution < -0.4 is 17.0 Å². The molecule has 2 heterocycles. The fourth-order valence-corrected chi connectivity index (χ4v) is 2.11. The van der Waals surface area contributed by atoms with E-state index in [2.05, 4.69) is 9.97 Å². The van der Waals surface area contributed by atoms with Crippen LogP contribution in [0.5, 0.6) is 0 Å². The van der Waals surface area contributed by atoms with Gasteiger partial charge in [0.2, 0.25) is 0 Å². The van der Waals surface area contributed by atoms with Crippen LogP contribution in [0.3, 0.4) is 0 Å². The number of aromatic nitrogens is 3. The normalized spacial score (nSPS) is 10.9. The van der Waals surface area contributed by atoms with E-state index in [0.717, 1.165) is 12.8 Å². The second-order valence-corrected chi connectivity index (χ2v) is 4.51. The fraction of sp³-hybridized carbons (Fsp3) is 0.364. The van der Waals surface area contributed by atoms with Crippen LogP contribution in [0.25, 0.3) is 10.9 Å². The Balaban J connectivity index is 2.89. The van der Waals surface area contributed by atoms with Gasteiger partial charge in [0.05, 0.1) is 5.52 Å². The van der Waals surface area contributed by atoms with Crippen molar-refractivity contribution in [2.75, 3.05) is 5.73 Å². The Morgan fingerprint density at radius 2 is 2.11 bits per heavy atom. The maximum atomic E-state index is 11.8. The monoisotopic (exact) mass is 266 g/mol. The largest absolute Gasteiger partial charge is 0.385 e. The average Bonchev–Trinajstić information content (AvgIpc) is 2.27. The Morgan fingerprint density at radius 3 is 2.78 bits per heavy atom. The van der Waals surface area contributed by atoms with E-state index in [0.29, 0.717) is 16.7 Å². The van der Waals surface area contributed by atoms with Crippen molar-refractivity contribution >= 4 is 28.9 Å². The van der Waals surface area contributed by atoms with Gasteiger partial charge in [0, 0.05) is 6.54 Å². The van der Waals surface area contributed by atoms with E-state index in [9.17, 15) is 9.59 Å². The lowest BCUT2D eigenvalue weighted by Crippen LogP contribution is -2.31. The molecule has 0 aliphatic rings. The summed E-state index contributed by atoms with van der Waals surface area (Å²) in [5.41, 5.74) is 5.31. The maximum absolute atomic E-state index is 11.8. The average molecular weight is 266 g/mol. The molecule has 18 heavy (non-hydrogen) atoms. The molecule has 0 fully saturated rings. The van der Waals surface area contributed by atoms with Crippen molar-refractivity contribution in [3.63, 3.8) is 0 Å². The molecular weight excluding hydrogens is 252 g/mol. The van der Waals surface area contributed by atoms with Crippen LogP contribution in [0.2, 0.25) is 0 Å². The summed E-state index contributed by atoms with van der Waals surface area (Å²) in [5.74, 6) is 0.184. The summed E-state index contributed by atoms with van der Waals surface area (Å²) in [5, 5.41) is 0.277. The number of nitrogens with two attached hydrogens (primary N) is 1. The van der Waals surface area contributed by atoms with Gasteiger partial charge in [-0.15, -0.1) is 0 Å². The Hall–Kier alpha value is -1.89. The van der Waals surface area contributed by atoms with Gasteiger partial charge in [0.25, 0.3) is 5.56 Å². The molecule has 0 spiro atoms. The van der Waals surface area contributed by atoms with Crippen LogP contribution >= 0.6 is 12.2 Å². The number of pyridine rings is 1. The SMILES string of the molecule is CCCCn1c(=O)[nH]c(=O)c2c(N)[nH]c(=S)cc21. The Morgan fingerprint density at radius 1 is 1.39 bits per heavy atom. The number of anilines is 1. The van der Waals surface area contributed by atoms with Crippen molar-refractivity contribution in [2.45, 2.75) is 26.3 Å². The number of nitrogen functional groups attached to an aromatic ring is 1. The third-order valence-corrected chi connectivity index (χ3v) is 2.99. The number of fused-ring (bicyclic) bond motifs is 1. The molecule has 2 aromatic rings. The molecule has 4 N–H and O–H groups in total. The Kier molecular flexibility index (Phi) is 3.33. The Labute approximate surface area is 107 Å². The lowest BCUT2D eigenvalue weighted by atomic mass is 10.2. The molecule has 96 valence electrons. The highest BCUT2D eigenvalue weighted by Gasteiger charge is 2.10. The van der Waals surface area contributed by atoms with Crippen molar-refractivity contribution < 1.29 is 0 Å². The first-order chi connectivity index (χ1) is 8.54. The highest BCUT2D eigenvalue weighted by atomic mass is 32.1.